The molecule has 28 heavy (non-hydrogen) atoms. The zero-order valence-electron chi connectivity index (χ0n) is 16.3. The predicted octanol–water partition coefficient (Wildman–Crippen LogP) is 6.21. The number of halogens is 2. The minimum absolute atomic E-state index is 0.0110. The van der Waals surface area contributed by atoms with Crippen LogP contribution in [0.5, 0.6) is 17.2 Å². The molecule has 148 valence electrons. The van der Waals surface area contributed by atoms with Crippen molar-refractivity contribution in [2.24, 2.45) is 0 Å². The maximum Gasteiger partial charge on any atom is 0.586 e. The zero-order chi connectivity index (χ0) is 20.1. The molecule has 3 aromatic rings. The fourth-order valence-electron chi connectivity index (χ4n) is 3.62. The molecule has 6 heteroatoms. The lowest BCUT2D eigenvalue weighted by Gasteiger charge is -2.15. The topological polar surface area (TPSA) is 40.8 Å². The second kappa shape index (κ2) is 6.69. The molecule has 0 spiro atoms. The van der Waals surface area contributed by atoms with Crippen molar-refractivity contribution in [1.29, 1.82) is 0 Å². The average molecular weight is 388 g/mol. The van der Waals surface area contributed by atoms with Gasteiger partial charge >= 0.3 is 6.29 Å². The molecule has 0 fully saturated rings. The number of benzene rings is 2. The Kier molecular flexibility index (Phi) is 4.44. The number of hydrogen-bond donors (Lipinski definition) is 0. The first-order valence-corrected chi connectivity index (χ1v) is 9.33. The zero-order valence-corrected chi connectivity index (χ0v) is 16.3. The molecule has 0 N–H and O–H groups in total. The van der Waals surface area contributed by atoms with Gasteiger partial charge in [-0.3, -0.25) is 0 Å². The van der Waals surface area contributed by atoms with E-state index >= 15 is 0 Å². The van der Waals surface area contributed by atoms with Gasteiger partial charge in [0.05, 0.1) is 5.56 Å². The molecule has 4 nitrogen and oxygen atoms in total. The second-order valence-electron chi connectivity index (χ2n) is 7.14. The number of aryl methyl sites for hydroxylation is 2. The number of ether oxygens (including phenoxy) is 3. The Bertz CT molecular complexity index is 1050. The summed E-state index contributed by atoms with van der Waals surface area (Å²) in [6, 6.07) is 7.25. The molecule has 0 saturated heterocycles. The molecule has 0 saturated carbocycles. The predicted molar refractivity (Wildman–Crippen MR) is 101 cm³/mol. The minimum atomic E-state index is -3.70. The van der Waals surface area contributed by atoms with Gasteiger partial charge in [-0.15, -0.1) is 8.78 Å². The maximum absolute atomic E-state index is 13.6. The summed E-state index contributed by atoms with van der Waals surface area (Å²) in [5, 5.41) is 0.669. The van der Waals surface area contributed by atoms with E-state index in [2.05, 4.69) is 24.7 Å². The van der Waals surface area contributed by atoms with Gasteiger partial charge < -0.3 is 18.6 Å². The largest absolute Gasteiger partial charge is 0.586 e. The molecular formula is C22H22F2O4. The van der Waals surface area contributed by atoms with Crippen molar-refractivity contribution in [3.05, 3.63) is 52.3 Å². The smallest absolute Gasteiger partial charge is 0.488 e. The van der Waals surface area contributed by atoms with Crippen LogP contribution in [-0.4, -0.2) is 6.29 Å². The lowest BCUT2D eigenvalue weighted by molar-refractivity contribution is -0.287. The van der Waals surface area contributed by atoms with Gasteiger partial charge in [-0.2, -0.15) is 0 Å². The molecule has 1 aliphatic heterocycles. The maximum atomic E-state index is 13.6. The summed E-state index contributed by atoms with van der Waals surface area (Å²) in [6.45, 7) is 8.04. The van der Waals surface area contributed by atoms with Crippen molar-refractivity contribution in [3.63, 3.8) is 0 Å². The van der Waals surface area contributed by atoms with E-state index in [-0.39, 0.29) is 18.1 Å². The molecule has 0 amide bonds. The molecule has 2 heterocycles. The molecule has 0 unspecified atom stereocenters. The Balaban J connectivity index is 1.70. The van der Waals surface area contributed by atoms with Crippen molar-refractivity contribution >= 4 is 11.0 Å². The van der Waals surface area contributed by atoms with Gasteiger partial charge in [-0.1, -0.05) is 19.4 Å². The van der Waals surface area contributed by atoms with E-state index in [9.17, 15) is 8.78 Å². The fraction of sp³-hybridized carbons (Fsp3) is 0.364. The van der Waals surface area contributed by atoms with Crippen LogP contribution >= 0.6 is 0 Å². The summed E-state index contributed by atoms with van der Waals surface area (Å²) in [5.41, 5.74) is 4.38. The number of fused-ring (bicyclic) bond motifs is 2. The van der Waals surface area contributed by atoms with E-state index in [1.807, 2.05) is 13.0 Å². The van der Waals surface area contributed by atoms with Gasteiger partial charge in [0.1, 0.15) is 23.7 Å². The summed E-state index contributed by atoms with van der Waals surface area (Å²) < 4.78 is 48.4. The average Bonchev–Trinajstić information content (AvgIpc) is 3.14. The van der Waals surface area contributed by atoms with Crippen LogP contribution in [0.25, 0.3) is 11.0 Å². The fourth-order valence-corrected chi connectivity index (χ4v) is 3.62. The normalized spacial score (nSPS) is 14.6. The highest BCUT2D eigenvalue weighted by molar-refractivity contribution is 5.86. The summed E-state index contributed by atoms with van der Waals surface area (Å²) >= 11 is 0. The third-order valence-electron chi connectivity index (χ3n) is 5.13. The van der Waals surface area contributed by atoms with Crippen molar-refractivity contribution in [2.45, 2.75) is 53.4 Å². The van der Waals surface area contributed by atoms with Gasteiger partial charge in [0, 0.05) is 5.39 Å². The van der Waals surface area contributed by atoms with Crippen molar-refractivity contribution in [3.8, 4) is 17.2 Å². The lowest BCUT2D eigenvalue weighted by Crippen LogP contribution is -2.26. The van der Waals surface area contributed by atoms with Gasteiger partial charge in [0.25, 0.3) is 0 Å². The summed E-state index contributed by atoms with van der Waals surface area (Å²) in [7, 11) is 0. The molecule has 2 aromatic carbocycles. The minimum Gasteiger partial charge on any atom is -0.488 e. The third-order valence-corrected chi connectivity index (χ3v) is 5.13. The van der Waals surface area contributed by atoms with Crippen LogP contribution in [-0.2, 0) is 13.0 Å². The summed E-state index contributed by atoms with van der Waals surface area (Å²) in [6.07, 6.45) is -1.62. The van der Waals surface area contributed by atoms with Crippen molar-refractivity contribution in [2.75, 3.05) is 0 Å². The van der Waals surface area contributed by atoms with Crippen molar-refractivity contribution in [1.82, 2.24) is 0 Å². The van der Waals surface area contributed by atoms with Crippen LogP contribution < -0.4 is 14.2 Å². The Morgan fingerprint density at radius 2 is 1.82 bits per heavy atom. The van der Waals surface area contributed by atoms with Crippen LogP contribution in [0.2, 0.25) is 0 Å². The van der Waals surface area contributed by atoms with Crippen LogP contribution in [0.4, 0.5) is 8.78 Å². The Hall–Kier alpha value is -2.76. The van der Waals surface area contributed by atoms with Crippen LogP contribution in [0, 0.1) is 20.8 Å². The third kappa shape index (κ3) is 3.17. The SMILES string of the molecule is CCCc1ccc(OCc2c3c(cc4cc(C)oc24)OC(F)(F)O3)c(C)c1C. The first kappa shape index (κ1) is 18.6. The highest BCUT2D eigenvalue weighted by Crippen LogP contribution is 2.47. The van der Waals surface area contributed by atoms with E-state index in [4.69, 9.17) is 13.9 Å². The highest BCUT2D eigenvalue weighted by atomic mass is 19.3. The van der Waals surface area contributed by atoms with Gasteiger partial charge in [0.2, 0.25) is 0 Å². The molecule has 1 aromatic heterocycles. The van der Waals surface area contributed by atoms with Crippen molar-refractivity contribution < 1.29 is 27.4 Å². The van der Waals surface area contributed by atoms with Gasteiger partial charge in [0.15, 0.2) is 11.5 Å². The van der Waals surface area contributed by atoms with E-state index < -0.39 is 6.29 Å². The quantitative estimate of drug-likeness (QED) is 0.521. The summed E-state index contributed by atoms with van der Waals surface area (Å²) in [4.78, 5) is 0. The first-order chi connectivity index (χ1) is 13.3. The molecule has 0 bridgehead atoms. The molecule has 1 aliphatic rings. The monoisotopic (exact) mass is 388 g/mol. The second-order valence-corrected chi connectivity index (χ2v) is 7.14. The Morgan fingerprint density at radius 3 is 2.57 bits per heavy atom. The number of furan rings is 1. The molecule has 0 atom stereocenters. The number of hydrogen-bond acceptors (Lipinski definition) is 4. The standard InChI is InChI=1S/C22H22F2O4/c1-5-6-15-7-8-18(14(4)13(15)3)25-11-17-20-16(9-12(2)26-20)10-19-21(17)28-22(23,24)27-19/h7-10H,5-6,11H2,1-4H3. The van der Waals surface area contributed by atoms with E-state index in [1.165, 1.54) is 17.2 Å². The van der Waals surface area contributed by atoms with Crippen LogP contribution in [0.1, 0.15) is 41.4 Å². The van der Waals surface area contributed by atoms with Gasteiger partial charge in [-0.25, -0.2) is 0 Å². The van der Waals surface area contributed by atoms with E-state index in [0.717, 1.165) is 18.4 Å². The Morgan fingerprint density at radius 1 is 1.04 bits per heavy atom. The number of alkyl halides is 2. The van der Waals surface area contributed by atoms with E-state index in [1.54, 1.807) is 13.0 Å². The first-order valence-electron chi connectivity index (χ1n) is 9.33. The van der Waals surface area contributed by atoms with E-state index in [0.29, 0.717) is 28.0 Å². The molecular weight excluding hydrogens is 366 g/mol. The summed E-state index contributed by atoms with van der Waals surface area (Å²) in [5.74, 6) is 1.33. The van der Waals surface area contributed by atoms with Gasteiger partial charge in [-0.05, 0) is 62.1 Å². The lowest BCUT2D eigenvalue weighted by atomic mass is 9.99. The molecule has 4 rings (SSSR count). The molecule has 0 aliphatic carbocycles. The highest BCUT2D eigenvalue weighted by Gasteiger charge is 2.45. The number of rotatable bonds is 5. The Labute approximate surface area is 162 Å². The van der Waals surface area contributed by atoms with Crippen LogP contribution in [0.3, 0.4) is 0 Å². The van der Waals surface area contributed by atoms with Crippen LogP contribution in [0.15, 0.2) is 28.7 Å². The molecule has 0 radical (unpaired) electrons.